The van der Waals surface area contributed by atoms with Crippen LogP contribution >= 0.6 is 35.6 Å². The van der Waals surface area contributed by atoms with Crippen molar-refractivity contribution in [3.05, 3.63) is 64.2 Å². The van der Waals surface area contributed by atoms with Gasteiger partial charge in [-0.05, 0) is 49.4 Å². The van der Waals surface area contributed by atoms with Gasteiger partial charge in [0, 0.05) is 32.2 Å². The third-order valence-corrected chi connectivity index (χ3v) is 5.22. The first-order valence-electron chi connectivity index (χ1n) is 10.3. The van der Waals surface area contributed by atoms with Crippen molar-refractivity contribution in [2.45, 2.75) is 26.3 Å². The highest BCUT2D eigenvalue weighted by molar-refractivity contribution is 14.0. The molecule has 0 saturated heterocycles. The molecule has 0 bridgehead atoms. The summed E-state index contributed by atoms with van der Waals surface area (Å²) in [4.78, 5) is 16.4. The molecular formula is C23H30ClIN4O2. The Balaban J connectivity index is 0.00000341. The standard InChI is InChI=1S/C23H29ClN4O2.HI/c1-16-7-10-18(21(13-16)30-15-17-8-9-17)14-28-23(25-2)27-12-11-26-22(29)19-5-3-4-6-20(19)24;/h3-7,10,13,17H,8-9,11-12,14-15H2,1-2H3,(H,26,29)(H2,25,27,28);1H. The fourth-order valence-corrected chi connectivity index (χ4v) is 3.15. The number of benzene rings is 2. The Hall–Kier alpha value is -2.00. The minimum Gasteiger partial charge on any atom is -0.493 e. The number of hydrogen-bond acceptors (Lipinski definition) is 3. The highest BCUT2D eigenvalue weighted by Crippen LogP contribution is 2.30. The molecule has 1 aliphatic rings. The lowest BCUT2D eigenvalue weighted by molar-refractivity contribution is 0.0954. The van der Waals surface area contributed by atoms with Gasteiger partial charge in [0.05, 0.1) is 17.2 Å². The second kappa shape index (κ2) is 12.8. The average molecular weight is 557 g/mol. The molecule has 2 aromatic carbocycles. The third-order valence-electron chi connectivity index (χ3n) is 4.89. The maximum Gasteiger partial charge on any atom is 0.252 e. The Morgan fingerprint density at radius 3 is 2.58 bits per heavy atom. The van der Waals surface area contributed by atoms with E-state index in [2.05, 4.69) is 46.1 Å². The van der Waals surface area contributed by atoms with Crippen LogP contribution in [-0.2, 0) is 6.54 Å². The second-order valence-corrected chi connectivity index (χ2v) is 7.86. The lowest BCUT2D eigenvalue weighted by Gasteiger charge is -2.15. The highest BCUT2D eigenvalue weighted by Gasteiger charge is 2.22. The average Bonchev–Trinajstić information content (AvgIpc) is 3.57. The van der Waals surface area contributed by atoms with Gasteiger partial charge in [-0.15, -0.1) is 24.0 Å². The van der Waals surface area contributed by atoms with Crippen LogP contribution in [0.15, 0.2) is 47.5 Å². The van der Waals surface area contributed by atoms with Gasteiger partial charge in [0.15, 0.2) is 5.96 Å². The summed E-state index contributed by atoms with van der Waals surface area (Å²) in [6, 6.07) is 13.2. The Kier molecular flexibility index (Phi) is 10.4. The lowest BCUT2D eigenvalue weighted by Crippen LogP contribution is -2.41. The molecule has 0 unspecified atom stereocenters. The SMILES string of the molecule is CN=C(NCCNC(=O)c1ccccc1Cl)NCc1ccc(C)cc1OCC1CC1.I. The smallest absolute Gasteiger partial charge is 0.252 e. The van der Waals surface area contributed by atoms with Crippen molar-refractivity contribution in [1.29, 1.82) is 0 Å². The van der Waals surface area contributed by atoms with Crippen LogP contribution in [0.4, 0.5) is 0 Å². The van der Waals surface area contributed by atoms with Crippen molar-refractivity contribution in [2.75, 3.05) is 26.7 Å². The van der Waals surface area contributed by atoms with Crippen LogP contribution in [0.3, 0.4) is 0 Å². The predicted octanol–water partition coefficient (Wildman–Crippen LogP) is 4.15. The summed E-state index contributed by atoms with van der Waals surface area (Å²) in [5, 5.41) is 9.80. The number of halogens is 2. The zero-order valence-electron chi connectivity index (χ0n) is 17.9. The predicted molar refractivity (Wildman–Crippen MR) is 137 cm³/mol. The van der Waals surface area contributed by atoms with E-state index in [4.69, 9.17) is 16.3 Å². The molecule has 3 rings (SSSR count). The van der Waals surface area contributed by atoms with Crippen LogP contribution in [0.2, 0.25) is 5.02 Å². The summed E-state index contributed by atoms with van der Waals surface area (Å²) in [6.07, 6.45) is 2.53. The molecule has 0 aliphatic heterocycles. The number of carbonyl (C=O) groups excluding carboxylic acids is 1. The molecule has 0 aromatic heterocycles. The van der Waals surface area contributed by atoms with E-state index in [0.717, 1.165) is 17.9 Å². The van der Waals surface area contributed by atoms with Gasteiger partial charge >= 0.3 is 0 Å². The molecule has 1 fully saturated rings. The third kappa shape index (κ3) is 8.22. The number of guanidine groups is 1. The van der Waals surface area contributed by atoms with Gasteiger partial charge < -0.3 is 20.7 Å². The van der Waals surface area contributed by atoms with E-state index in [-0.39, 0.29) is 29.9 Å². The van der Waals surface area contributed by atoms with E-state index in [1.165, 1.54) is 18.4 Å². The van der Waals surface area contributed by atoms with Crippen molar-refractivity contribution >= 4 is 47.4 Å². The second-order valence-electron chi connectivity index (χ2n) is 7.45. The molecule has 3 N–H and O–H groups in total. The van der Waals surface area contributed by atoms with Gasteiger partial charge in [0.1, 0.15) is 5.75 Å². The number of carbonyl (C=O) groups is 1. The fourth-order valence-electron chi connectivity index (χ4n) is 2.93. The van der Waals surface area contributed by atoms with Crippen LogP contribution in [0.5, 0.6) is 5.75 Å². The van der Waals surface area contributed by atoms with E-state index in [9.17, 15) is 4.79 Å². The zero-order valence-corrected chi connectivity index (χ0v) is 21.0. The Bertz CT molecular complexity index is 903. The van der Waals surface area contributed by atoms with E-state index in [1.54, 1.807) is 31.3 Å². The number of ether oxygens (including phenoxy) is 1. The molecular weight excluding hydrogens is 527 g/mol. The van der Waals surface area contributed by atoms with E-state index >= 15 is 0 Å². The summed E-state index contributed by atoms with van der Waals surface area (Å²) in [7, 11) is 1.72. The molecule has 0 spiro atoms. The number of hydrogen-bond donors (Lipinski definition) is 3. The normalized spacial score (nSPS) is 13.2. The van der Waals surface area contributed by atoms with E-state index < -0.39 is 0 Å². The van der Waals surface area contributed by atoms with Gasteiger partial charge in [-0.1, -0.05) is 35.9 Å². The number of aliphatic imine (C=N–C) groups is 1. The van der Waals surface area contributed by atoms with Gasteiger partial charge in [0.2, 0.25) is 0 Å². The molecule has 2 aromatic rings. The van der Waals surface area contributed by atoms with Gasteiger partial charge in [-0.25, -0.2) is 0 Å². The van der Waals surface area contributed by atoms with Crippen molar-refractivity contribution in [1.82, 2.24) is 16.0 Å². The molecule has 168 valence electrons. The number of nitrogens with one attached hydrogen (secondary N) is 3. The molecule has 1 aliphatic carbocycles. The van der Waals surface area contributed by atoms with Crippen LogP contribution in [0, 0.1) is 12.8 Å². The minimum absolute atomic E-state index is 0. The zero-order chi connectivity index (χ0) is 21.3. The summed E-state index contributed by atoms with van der Waals surface area (Å²) in [5.74, 6) is 2.11. The molecule has 1 saturated carbocycles. The van der Waals surface area contributed by atoms with Crippen LogP contribution in [0.1, 0.15) is 34.3 Å². The molecule has 8 heteroatoms. The summed E-state index contributed by atoms with van der Waals surface area (Å²) in [5.41, 5.74) is 2.75. The quantitative estimate of drug-likeness (QED) is 0.188. The number of nitrogens with zero attached hydrogens (tertiary/aromatic N) is 1. The molecule has 0 atom stereocenters. The van der Waals surface area contributed by atoms with E-state index in [0.29, 0.717) is 42.1 Å². The molecule has 0 heterocycles. The monoisotopic (exact) mass is 556 g/mol. The molecule has 31 heavy (non-hydrogen) atoms. The highest BCUT2D eigenvalue weighted by atomic mass is 127. The summed E-state index contributed by atoms with van der Waals surface area (Å²) in [6.45, 7) is 4.44. The van der Waals surface area contributed by atoms with Crippen LogP contribution < -0.4 is 20.7 Å². The van der Waals surface area contributed by atoms with Gasteiger partial charge in [-0.3, -0.25) is 9.79 Å². The fraction of sp³-hybridized carbons (Fsp3) is 0.391. The van der Waals surface area contributed by atoms with Crippen LogP contribution in [0.25, 0.3) is 0 Å². The van der Waals surface area contributed by atoms with Crippen LogP contribution in [-0.4, -0.2) is 38.6 Å². The molecule has 0 radical (unpaired) electrons. The minimum atomic E-state index is -0.192. The van der Waals surface area contributed by atoms with Gasteiger partial charge in [-0.2, -0.15) is 0 Å². The van der Waals surface area contributed by atoms with Crippen molar-refractivity contribution < 1.29 is 9.53 Å². The Morgan fingerprint density at radius 1 is 1.13 bits per heavy atom. The maximum absolute atomic E-state index is 12.2. The molecule has 6 nitrogen and oxygen atoms in total. The van der Waals surface area contributed by atoms with Gasteiger partial charge in [0.25, 0.3) is 5.91 Å². The summed E-state index contributed by atoms with van der Waals surface area (Å²) >= 11 is 6.05. The molecule has 1 amide bonds. The maximum atomic E-state index is 12.2. The van der Waals surface area contributed by atoms with E-state index in [1.807, 2.05) is 0 Å². The largest absolute Gasteiger partial charge is 0.493 e. The Morgan fingerprint density at radius 2 is 1.87 bits per heavy atom. The van der Waals surface area contributed by atoms with Crippen molar-refractivity contribution in [2.24, 2.45) is 10.9 Å². The first kappa shape index (κ1) is 25.3. The first-order valence-corrected chi connectivity index (χ1v) is 10.6. The van der Waals surface area contributed by atoms with Crippen molar-refractivity contribution in [3.63, 3.8) is 0 Å². The number of rotatable bonds is 9. The summed E-state index contributed by atoms with van der Waals surface area (Å²) < 4.78 is 6.03. The first-order chi connectivity index (χ1) is 14.6. The number of aryl methyl sites for hydroxylation is 1. The topological polar surface area (TPSA) is 74.8 Å². The lowest BCUT2D eigenvalue weighted by atomic mass is 10.1. The number of amides is 1. The Labute approximate surface area is 206 Å². The van der Waals surface area contributed by atoms with Crippen molar-refractivity contribution in [3.8, 4) is 5.75 Å².